The van der Waals surface area contributed by atoms with Crippen molar-refractivity contribution in [3.63, 3.8) is 0 Å². The van der Waals surface area contributed by atoms with E-state index in [4.69, 9.17) is 5.11 Å². The normalized spacial score (nSPS) is 11.4. The van der Waals surface area contributed by atoms with Gasteiger partial charge in [0.1, 0.15) is 0 Å². The molecule has 0 amide bonds. The van der Waals surface area contributed by atoms with Gasteiger partial charge in [-0.15, -0.1) is 11.3 Å². The van der Waals surface area contributed by atoms with Crippen LogP contribution in [-0.4, -0.2) is 16.1 Å². The maximum atomic E-state index is 12.7. The molecule has 0 aliphatic carbocycles. The van der Waals surface area contributed by atoms with Crippen LogP contribution in [0.2, 0.25) is 0 Å². The summed E-state index contributed by atoms with van der Waals surface area (Å²) in [6, 6.07) is 3.46. The molecule has 0 saturated carbocycles. The van der Waals surface area contributed by atoms with Crippen molar-refractivity contribution < 1.29 is 23.1 Å². The zero-order valence-corrected chi connectivity index (χ0v) is 12.6. The third kappa shape index (κ3) is 4.18. The standard InChI is InChI=1S/C12H8BrF3N2O2S/c13-7-1-6(12(14,15)16)2-8(3-7)17-4-9-5-21-10(18-9)11(19)20/h1-3,5,17H,4H2,(H,19,20). The molecular weight excluding hydrogens is 373 g/mol. The highest BCUT2D eigenvalue weighted by Gasteiger charge is 2.31. The largest absolute Gasteiger partial charge is 0.476 e. The Hall–Kier alpha value is -1.61. The summed E-state index contributed by atoms with van der Waals surface area (Å²) in [6.45, 7) is 0.136. The van der Waals surface area contributed by atoms with E-state index >= 15 is 0 Å². The number of aromatic nitrogens is 1. The number of thiazole rings is 1. The summed E-state index contributed by atoms with van der Waals surface area (Å²) in [4.78, 5) is 14.5. The minimum Gasteiger partial charge on any atom is -0.476 e. The Morgan fingerprint density at radius 1 is 1.38 bits per heavy atom. The first-order chi connectivity index (χ1) is 9.75. The second-order valence-electron chi connectivity index (χ2n) is 4.03. The van der Waals surface area contributed by atoms with E-state index < -0.39 is 17.7 Å². The van der Waals surface area contributed by atoms with Gasteiger partial charge in [-0.1, -0.05) is 15.9 Å². The molecule has 0 radical (unpaired) electrons. The fraction of sp³-hybridized carbons (Fsp3) is 0.167. The average Bonchev–Trinajstić information content (AvgIpc) is 2.83. The van der Waals surface area contributed by atoms with Gasteiger partial charge >= 0.3 is 12.1 Å². The monoisotopic (exact) mass is 380 g/mol. The fourth-order valence-electron chi connectivity index (χ4n) is 1.53. The molecule has 1 aromatic carbocycles. The van der Waals surface area contributed by atoms with Crippen molar-refractivity contribution >= 4 is 38.9 Å². The summed E-state index contributed by atoms with van der Waals surface area (Å²) in [5.41, 5.74) is -0.0589. The Labute approximate surface area is 129 Å². The maximum Gasteiger partial charge on any atom is 0.416 e. The van der Waals surface area contributed by atoms with Gasteiger partial charge in [-0.3, -0.25) is 0 Å². The van der Waals surface area contributed by atoms with Crippen LogP contribution < -0.4 is 5.32 Å². The first-order valence-electron chi connectivity index (χ1n) is 5.55. The van der Waals surface area contributed by atoms with E-state index in [0.717, 1.165) is 23.5 Å². The Balaban J connectivity index is 2.12. The van der Waals surface area contributed by atoms with Crippen LogP contribution >= 0.6 is 27.3 Å². The molecule has 4 nitrogen and oxygen atoms in total. The van der Waals surface area contributed by atoms with Gasteiger partial charge in [0.15, 0.2) is 0 Å². The number of alkyl halides is 3. The molecule has 0 aliphatic rings. The molecule has 1 heterocycles. The average molecular weight is 381 g/mol. The van der Waals surface area contributed by atoms with E-state index in [9.17, 15) is 18.0 Å². The summed E-state index contributed by atoms with van der Waals surface area (Å²) in [5, 5.41) is 13.0. The zero-order valence-electron chi connectivity index (χ0n) is 10.2. The number of hydrogen-bond donors (Lipinski definition) is 2. The SMILES string of the molecule is O=C(O)c1nc(CNc2cc(Br)cc(C(F)(F)F)c2)cs1. The molecule has 21 heavy (non-hydrogen) atoms. The van der Waals surface area contributed by atoms with Crippen molar-refractivity contribution in [1.29, 1.82) is 0 Å². The lowest BCUT2D eigenvalue weighted by Gasteiger charge is -2.11. The van der Waals surface area contributed by atoms with Crippen LogP contribution in [0.25, 0.3) is 0 Å². The number of nitrogens with zero attached hydrogens (tertiary/aromatic N) is 1. The third-order valence-corrected chi connectivity index (χ3v) is 3.77. The van der Waals surface area contributed by atoms with E-state index in [-0.39, 0.29) is 17.2 Å². The van der Waals surface area contributed by atoms with Gasteiger partial charge < -0.3 is 10.4 Å². The van der Waals surface area contributed by atoms with Crippen LogP contribution in [0, 0.1) is 0 Å². The Kier molecular flexibility index (Phi) is 4.52. The first kappa shape index (κ1) is 15.8. The molecule has 0 atom stereocenters. The van der Waals surface area contributed by atoms with E-state index in [1.54, 1.807) is 5.38 Å². The number of anilines is 1. The molecule has 0 unspecified atom stereocenters. The molecule has 0 fully saturated rings. The van der Waals surface area contributed by atoms with Gasteiger partial charge in [0.2, 0.25) is 5.01 Å². The Morgan fingerprint density at radius 2 is 2.10 bits per heavy atom. The maximum absolute atomic E-state index is 12.7. The summed E-state index contributed by atoms with van der Waals surface area (Å²) >= 11 is 3.99. The van der Waals surface area contributed by atoms with Gasteiger partial charge in [0, 0.05) is 15.5 Å². The highest BCUT2D eigenvalue weighted by Crippen LogP contribution is 2.33. The van der Waals surface area contributed by atoms with Gasteiger partial charge in [-0.2, -0.15) is 13.2 Å². The van der Waals surface area contributed by atoms with Crippen molar-refractivity contribution in [3.8, 4) is 0 Å². The lowest BCUT2D eigenvalue weighted by Crippen LogP contribution is -2.07. The summed E-state index contributed by atoms with van der Waals surface area (Å²) < 4.78 is 38.3. The number of benzene rings is 1. The summed E-state index contributed by atoms with van der Waals surface area (Å²) in [7, 11) is 0. The van der Waals surface area contributed by atoms with Crippen LogP contribution in [0.4, 0.5) is 18.9 Å². The highest BCUT2D eigenvalue weighted by atomic mass is 79.9. The lowest BCUT2D eigenvalue weighted by molar-refractivity contribution is -0.137. The molecule has 9 heteroatoms. The molecule has 2 rings (SSSR count). The number of carboxylic acid groups (broad SMARTS) is 1. The van der Waals surface area contributed by atoms with Crippen molar-refractivity contribution in [2.75, 3.05) is 5.32 Å². The quantitative estimate of drug-likeness (QED) is 0.832. The number of rotatable bonds is 4. The van der Waals surface area contributed by atoms with Gasteiger partial charge in [-0.25, -0.2) is 9.78 Å². The van der Waals surface area contributed by atoms with E-state index in [1.165, 1.54) is 6.07 Å². The number of aromatic carboxylic acids is 1. The van der Waals surface area contributed by atoms with Gasteiger partial charge in [-0.05, 0) is 18.2 Å². The number of nitrogens with one attached hydrogen (secondary N) is 1. The van der Waals surface area contributed by atoms with E-state index in [1.807, 2.05) is 0 Å². The molecule has 0 aliphatic heterocycles. The molecular formula is C12H8BrF3N2O2S. The second kappa shape index (κ2) is 6.02. The van der Waals surface area contributed by atoms with Crippen LogP contribution in [0.3, 0.4) is 0 Å². The molecule has 2 N–H and O–H groups in total. The molecule has 112 valence electrons. The van der Waals surface area contributed by atoms with Crippen molar-refractivity contribution in [3.05, 3.63) is 44.3 Å². The highest BCUT2D eigenvalue weighted by molar-refractivity contribution is 9.10. The van der Waals surface area contributed by atoms with Crippen LogP contribution in [0.15, 0.2) is 28.1 Å². The minimum atomic E-state index is -4.43. The number of carbonyl (C=O) groups is 1. The smallest absolute Gasteiger partial charge is 0.416 e. The van der Waals surface area contributed by atoms with Gasteiger partial charge in [0.25, 0.3) is 0 Å². The van der Waals surface area contributed by atoms with Crippen molar-refractivity contribution in [2.45, 2.75) is 12.7 Å². The van der Waals surface area contributed by atoms with Crippen molar-refractivity contribution in [1.82, 2.24) is 4.98 Å². The molecule has 0 saturated heterocycles. The molecule has 0 bridgehead atoms. The number of carboxylic acids is 1. The molecule has 0 spiro atoms. The van der Waals surface area contributed by atoms with Crippen molar-refractivity contribution in [2.24, 2.45) is 0 Å². The summed E-state index contributed by atoms with van der Waals surface area (Å²) in [5.74, 6) is -1.13. The third-order valence-electron chi connectivity index (χ3n) is 2.43. The summed E-state index contributed by atoms with van der Waals surface area (Å²) in [6.07, 6.45) is -4.43. The number of hydrogen-bond acceptors (Lipinski definition) is 4. The van der Waals surface area contributed by atoms with Crippen LogP contribution in [0.5, 0.6) is 0 Å². The second-order valence-corrected chi connectivity index (χ2v) is 5.80. The van der Waals surface area contributed by atoms with E-state index in [0.29, 0.717) is 10.2 Å². The zero-order chi connectivity index (χ0) is 15.6. The van der Waals surface area contributed by atoms with Crippen LogP contribution in [-0.2, 0) is 12.7 Å². The van der Waals surface area contributed by atoms with E-state index in [2.05, 4.69) is 26.2 Å². The topological polar surface area (TPSA) is 62.2 Å². The predicted molar refractivity (Wildman–Crippen MR) is 75.5 cm³/mol. The number of halogens is 4. The predicted octanol–water partition coefficient (Wildman–Crippen LogP) is 4.23. The lowest BCUT2D eigenvalue weighted by atomic mass is 10.2. The Bertz CT molecular complexity index is 673. The Morgan fingerprint density at radius 3 is 2.67 bits per heavy atom. The van der Waals surface area contributed by atoms with Gasteiger partial charge in [0.05, 0.1) is 17.8 Å². The fourth-order valence-corrected chi connectivity index (χ4v) is 2.68. The molecule has 1 aromatic heterocycles. The minimum absolute atomic E-state index is 0.0583. The first-order valence-corrected chi connectivity index (χ1v) is 7.22. The molecule has 2 aromatic rings. The van der Waals surface area contributed by atoms with Crippen LogP contribution in [0.1, 0.15) is 21.1 Å².